The minimum atomic E-state index is -0.812. The number of carbonyl (C=O) groups excluding carboxylic acids is 1. The Morgan fingerprint density at radius 3 is 2.48 bits per heavy atom. The van der Waals surface area contributed by atoms with E-state index in [-0.39, 0.29) is 33.7 Å². The molecule has 0 radical (unpaired) electrons. The molecule has 2 saturated heterocycles. The van der Waals surface area contributed by atoms with Crippen molar-refractivity contribution in [3.63, 3.8) is 0 Å². The minimum Gasteiger partial charge on any atom is -0.468 e. The molecule has 2 aliphatic heterocycles. The van der Waals surface area contributed by atoms with Gasteiger partial charge in [0.1, 0.15) is 23.6 Å². The third-order valence-corrected chi connectivity index (χ3v) is 7.93. The summed E-state index contributed by atoms with van der Waals surface area (Å²) >= 11 is 0. The fraction of sp³-hybridized carbons (Fsp3) is 0.531. The second kappa shape index (κ2) is 18.2. The predicted molar refractivity (Wildman–Crippen MR) is 175 cm³/mol. The Morgan fingerprint density at radius 1 is 1.11 bits per heavy atom. The molecular formula is C32H46F2N8O4. The van der Waals surface area contributed by atoms with Crippen LogP contribution < -0.4 is 21.3 Å². The van der Waals surface area contributed by atoms with Crippen LogP contribution in [0.3, 0.4) is 0 Å². The van der Waals surface area contributed by atoms with E-state index in [9.17, 15) is 14.0 Å². The van der Waals surface area contributed by atoms with E-state index < -0.39 is 17.2 Å². The first-order valence-electron chi connectivity index (χ1n) is 15.8. The molecule has 5 N–H and O–H groups in total. The zero-order valence-electron chi connectivity index (χ0n) is 27.1. The topological polar surface area (TPSA) is 164 Å². The van der Waals surface area contributed by atoms with Gasteiger partial charge in [0.05, 0.1) is 29.2 Å². The number of hydrogen-bond acceptors (Lipinski definition) is 10. The summed E-state index contributed by atoms with van der Waals surface area (Å²) in [5.41, 5.74) is 4.29. The van der Waals surface area contributed by atoms with E-state index in [0.717, 1.165) is 45.3 Å². The van der Waals surface area contributed by atoms with Crippen molar-refractivity contribution < 1.29 is 23.0 Å². The number of nitrogens with one attached hydrogen (secondary N) is 3. The number of H-pyrrole nitrogens is 2. The van der Waals surface area contributed by atoms with Gasteiger partial charge in [0, 0.05) is 17.1 Å². The second-order valence-corrected chi connectivity index (χ2v) is 10.8. The molecule has 2 aliphatic rings. The molecule has 12 nitrogen and oxygen atoms in total. The largest absolute Gasteiger partial charge is 0.468 e. The molecule has 2 fully saturated rings. The highest BCUT2D eigenvalue weighted by molar-refractivity contribution is 5.95. The van der Waals surface area contributed by atoms with E-state index in [1.165, 1.54) is 51.0 Å². The van der Waals surface area contributed by atoms with E-state index in [4.69, 9.17) is 4.74 Å². The summed E-state index contributed by atoms with van der Waals surface area (Å²) in [7, 11) is 1.50. The second-order valence-electron chi connectivity index (χ2n) is 10.8. The van der Waals surface area contributed by atoms with Gasteiger partial charge in [-0.15, -0.1) is 0 Å². The number of benzene rings is 1. The highest BCUT2D eigenvalue weighted by atomic mass is 19.1. The Morgan fingerprint density at radius 2 is 1.85 bits per heavy atom. The van der Waals surface area contributed by atoms with Gasteiger partial charge in [0.2, 0.25) is 0 Å². The molecule has 0 amide bonds. The van der Waals surface area contributed by atoms with E-state index in [1.54, 1.807) is 6.92 Å². The number of pyridine rings is 1. The minimum absolute atomic E-state index is 0.0000341. The van der Waals surface area contributed by atoms with Crippen molar-refractivity contribution in [2.45, 2.75) is 64.8 Å². The number of halogens is 2. The van der Waals surface area contributed by atoms with Crippen LogP contribution in [0.2, 0.25) is 0 Å². The quantitative estimate of drug-likeness (QED) is 0.145. The number of carbonyl (C=O) groups is 1. The smallest absolute Gasteiger partial charge is 0.297 e. The highest BCUT2D eigenvalue weighted by Crippen LogP contribution is 2.39. The lowest BCUT2D eigenvalue weighted by Crippen LogP contribution is -2.43. The first-order chi connectivity index (χ1) is 22.4. The molecule has 0 bridgehead atoms. The summed E-state index contributed by atoms with van der Waals surface area (Å²) in [5.74, 6) is -1.37. The van der Waals surface area contributed by atoms with Gasteiger partial charge in [-0.25, -0.2) is 8.78 Å². The van der Waals surface area contributed by atoms with Crippen LogP contribution in [0.15, 0.2) is 29.3 Å². The molecule has 0 aliphatic carbocycles. The molecule has 0 unspecified atom stereocenters. The maximum atomic E-state index is 15.5. The van der Waals surface area contributed by atoms with Crippen molar-refractivity contribution >= 4 is 28.3 Å². The molecule has 0 spiro atoms. The SMILES string of the molecule is CCCCNCC.CCOC=O.CN.O=c1[nH]c(OCC23CCCN2CCC3)nc2c(F)c(-c3cc(F)cc4[nH]ncc34)ncc12. The van der Waals surface area contributed by atoms with E-state index in [1.807, 2.05) is 0 Å². The molecule has 14 heteroatoms. The number of aromatic nitrogens is 5. The van der Waals surface area contributed by atoms with E-state index in [2.05, 4.69) is 59.7 Å². The van der Waals surface area contributed by atoms with Gasteiger partial charge in [-0.2, -0.15) is 10.1 Å². The van der Waals surface area contributed by atoms with Crippen LogP contribution in [0.4, 0.5) is 8.78 Å². The fourth-order valence-electron chi connectivity index (χ4n) is 5.72. The van der Waals surface area contributed by atoms with Crippen molar-refractivity contribution in [1.82, 2.24) is 35.4 Å². The van der Waals surface area contributed by atoms with Crippen LogP contribution in [0, 0.1) is 11.6 Å². The number of rotatable bonds is 10. The number of nitrogens with two attached hydrogens (primary N) is 1. The molecular weight excluding hydrogens is 598 g/mol. The Labute approximate surface area is 267 Å². The number of unbranched alkanes of at least 4 members (excludes halogenated alkanes) is 1. The van der Waals surface area contributed by atoms with Gasteiger partial charge >= 0.3 is 0 Å². The first kappa shape index (κ1) is 36.5. The molecule has 6 rings (SSSR count). The van der Waals surface area contributed by atoms with E-state index >= 15 is 4.39 Å². The Bertz CT molecular complexity index is 1580. The Balaban J connectivity index is 0.000000350. The summed E-state index contributed by atoms with van der Waals surface area (Å²) in [6.07, 6.45) is 9.63. The number of hydrogen-bond donors (Lipinski definition) is 4. The van der Waals surface area contributed by atoms with E-state index in [0.29, 0.717) is 30.6 Å². The van der Waals surface area contributed by atoms with Gasteiger partial charge in [-0.1, -0.05) is 20.3 Å². The third-order valence-electron chi connectivity index (χ3n) is 7.93. The van der Waals surface area contributed by atoms with Crippen LogP contribution in [0.25, 0.3) is 33.1 Å². The zero-order chi connectivity index (χ0) is 33.5. The number of aromatic amines is 2. The van der Waals surface area contributed by atoms with Gasteiger partial charge in [-0.05, 0) is 84.4 Å². The van der Waals surface area contributed by atoms with Crippen molar-refractivity contribution in [2.24, 2.45) is 5.73 Å². The Kier molecular flexibility index (Phi) is 14.4. The van der Waals surface area contributed by atoms with Crippen LogP contribution in [-0.2, 0) is 9.53 Å². The average Bonchev–Trinajstić information content (AvgIpc) is 3.79. The summed E-state index contributed by atoms with van der Waals surface area (Å²) in [5, 5.41) is 10.3. The first-order valence-corrected chi connectivity index (χ1v) is 15.8. The molecule has 252 valence electrons. The summed E-state index contributed by atoms with van der Waals surface area (Å²) in [6, 6.07) is 2.43. The Hall–Kier alpha value is -4.01. The van der Waals surface area contributed by atoms with Crippen molar-refractivity contribution in [3.05, 3.63) is 46.5 Å². The fourth-order valence-corrected chi connectivity index (χ4v) is 5.72. The zero-order valence-corrected chi connectivity index (χ0v) is 27.1. The lowest BCUT2D eigenvalue weighted by molar-refractivity contribution is -0.128. The van der Waals surface area contributed by atoms with Gasteiger partial charge in [0.25, 0.3) is 18.0 Å². The van der Waals surface area contributed by atoms with Gasteiger partial charge in [-0.3, -0.25) is 29.6 Å². The third kappa shape index (κ3) is 8.83. The standard InChI is InChI=1S/C22H20F2N6O2.C6H15N.C3H6O2.CH5N/c23-12-7-13(14-10-26-29-16(14)8-12)18-17(24)19-15(9-25-18)20(31)28-21(27-19)32-11-22-3-1-5-30(22)6-2-4-22;1-3-5-6-7-4-2;1-2-5-3-4;1-2/h7-10H,1-6,11H2,(H,26,29)(H,27,28,31);7H,3-6H2,1-2H3;3H,2H2,1H3;2H2,1H3. The number of nitrogens with zero attached hydrogens (tertiary/aromatic N) is 4. The number of fused-ring (bicyclic) bond motifs is 3. The summed E-state index contributed by atoms with van der Waals surface area (Å²) < 4.78 is 39.7. The monoisotopic (exact) mass is 644 g/mol. The molecule has 5 heterocycles. The lowest BCUT2D eigenvalue weighted by atomic mass is 9.95. The van der Waals surface area contributed by atoms with Crippen molar-refractivity contribution in [3.8, 4) is 17.3 Å². The predicted octanol–water partition coefficient (Wildman–Crippen LogP) is 4.30. The molecule has 46 heavy (non-hydrogen) atoms. The van der Waals surface area contributed by atoms with Crippen LogP contribution >= 0.6 is 0 Å². The maximum Gasteiger partial charge on any atom is 0.297 e. The molecule has 3 aromatic heterocycles. The highest BCUT2D eigenvalue weighted by Gasteiger charge is 2.45. The van der Waals surface area contributed by atoms with Crippen molar-refractivity contribution in [2.75, 3.05) is 46.4 Å². The molecule has 1 aromatic carbocycles. The molecule has 4 aromatic rings. The van der Waals surface area contributed by atoms with Crippen LogP contribution in [0.1, 0.15) is 59.3 Å². The van der Waals surface area contributed by atoms with Crippen molar-refractivity contribution in [1.29, 1.82) is 0 Å². The molecule has 0 atom stereocenters. The van der Waals surface area contributed by atoms with Gasteiger partial charge < -0.3 is 20.5 Å². The van der Waals surface area contributed by atoms with Gasteiger partial charge in [0.15, 0.2) is 5.82 Å². The summed E-state index contributed by atoms with van der Waals surface area (Å²) in [4.78, 5) is 35.1. The maximum absolute atomic E-state index is 15.5. The lowest BCUT2D eigenvalue weighted by Gasteiger charge is -2.31. The normalized spacial score (nSPS) is 14.8. The number of ether oxygens (including phenoxy) is 2. The van der Waals surface area contributed by atoms with Crippen LogP contribution in [0.5, 0.6) is 6.01 Å². The average molecular weight is 645 g/mol. The molecule has 0 saturated carbocycles. The van der Waals surface area contributed by atoms with Crippen LogP contribution in [-0.4, -0.2) is 88.5 Å². The summed E-state index contributed by atoms with van der Waals surface area (Å²) in [6.45, 7) is 11.8.